The van der Waals surface area contributed by atoms with Gasteiger partial charge in [-0.15, -0.1) is 0 Å². The number of nitriles is 1. The summed E-state index contributed by atoms with van der Waals surface area (Å²) in [5.41, 5.74) is -3.25. The summed E-state index contributed by atoms with van der Waals surface area (Å²) < 4.78 is 66.3. The number of ether oxygens (including phenoxy) is 4. The average molecular weight is 618 g/mol. The van der Waals surface area contributed by atoms with E-state index in [1.54, 1.807) is 25.1 Å². The number of alkyl halides is 1. The van der Waals surface area contributed by atoms with Crippen LogP contribution in [-0.4, -0.2) is 68.3 Å². The highest BCUT2D eigenvalue weighted by atomic mass is 32.2. The van der Waals surface area contributed by atoms with Gasteiger partial charge in [-0.25, -0.2) is 13.2 Å². The minimum absolute atomic E-state index is 0.00628. The van der Waals surface area contributed by atoms with Gasteiger partial charge in [-0.05, 0) is 44.9 Å². The second kappa shape index (κ2) is 11.8. The molecule has 14 heteroatoms. The van der Waals surface area contributed by atoms with Gasteiger partial charge >= 0.3 is 11.9 Å². The van der Waals surface area contributed by atoms with E-state index in [-0.39, 0.29) is 61.9 Å². The fraction of sp³-hybridized carbons (Fsp3) is 0.517. The van der Waals surface area contributed by atoms with Crippen LogP contribution in [0.15, 0.2) is 40.0 Å². The second-order valence-corrected chi connectivity index (χ2v) is 12.5. The number of fused-ring (bicyclic) bond motifs is 2. The Labute approximate surface area is 247 Å². The van der Waals surface area contributed by atoms with Crippen molar-refractivity contribution < 1.29 is 41.3 Å². The molecule has 1 spiro atoms. The Kier molecular flexibility index (Phi) is 8.45. The molecule has 0 saturated carbocycles. The molecular weight excluding hydrogens is 585 g/mol. The van der Waals surface area contributed by atoms with Crippen LogP contribution in [0.3, 0.4) is 0 Å². The first-order valence-electron chi connectivity index (χ1n) is 14.1. The molecule has 2 aromatic rings. The maximum atomic E-state index is 14.3. The van der Waals surface area contributed by atoms with E-state index in [4.69, 9.17) is 18.9 Å². The molecule has 43 heavy (non-hydrogen) atoms. The van der Waals surface area contributed by atoms with Crippen LogP contribution in [-0.2, 0) is 56.5 Å². The standard InChI is InChI=1S/C29H32FN3O9S/c1-3-39-27(36)28(10-12-30,22-17-24-29(40-15-16-41-29)11-14-32(24)25(34)21(22)18-31)42-26(35)23-5-4-13-33(23)43(37,38)20-8-6-19(2)7-9-20/h6-9,17,23H,3-5,10-16H2,1-2H3/t23-,28?/m1/s1. The first-order valence-corrected chi connectivity index (χ1v) is 15.5. The van der Waals surface area contributed by atoms with Crippen LogP contribution in [0.4, 0.5) is 4.39 Å². The van der Waals surface area contributed by atoms with Crippen molar-refractivity contribution in [3.8, 4) is 6.07 Å². The largest absolute Gasteiger partial charge is 0.463 e. The molecule has 3 aliphatic heterocycles. The van der Waals surface area contributed by atoms with E-state index < -0.39 is 63.6 Å². The van der Waals surface area contributed by atoms with Crippen molar-refractivity contribution in [2.24, 2.45) is 0 Å². The number of carbonyl (C=O) groups is 2. The van der Waals surface area contributed by atoms with Gasteiger partial charge in [-0.2, -0.15) is 9.57 Å². The SMILES string of the molecule is CCOC(=O)C(CCF)(OC(=O)[C@H]1CCCN1S(=O)(=O)c1ccc(C)cc1)c1cc2n(c(=O)c1C#N)CCC21OCCO1. The van der Waals surface area contributed by atoms with Gasteiger partial charge in [0.1, 0.15) is 17.7 Å². The van der Waals surface area contributed by atoms with Crippen LogP contribution in [0, 0.1) is 18.3 Å². The fourth-order valence-corrected chi connectivity index (χ4v) is 7.62. The Bertz CT molecular complexity index is 1630. The number of hydrogen-bond acceptors (Lipinski definition) is 10. The number of carbonyl (C=O) groups excluding carboxylic acids is 2. The first-order chi connectivity index (χ1) is 20.5. The number of benzene rings is 1. The van der Waals surface area contributed by atoms with Gasteiger partial charge < -0.3 is 23.5 Å². The minimum Gasteiger partial charge on any atom is -0.463 e. The smallest absolute Gasteiger partial charge is 0.355 e. The van der Waals surface area contributed by atoms with Crippen molar-refractivity contribution in [3.63, 3.8) is 0 Å². The molecule has 1 aromatic carbocycles. The third kappa shape index (κ3) is 5.14. The van der Waals surface area contributed by atoms with Gasteiger partial charge in [-0.1, -0.05) is 17.7 Å². The van der Waals surface area contributed by atoms with Crippen LogP contribution in [0.2, 0.25) is 0 Å². The van der Waals surface area contributed by atoms with Crippen LogP contribution >= 0.6 is 0 Å². The highest BCUT2D eigenvalue weighted by molar-refractivity contribution is 7.89. The quantitative estimate of drug-likeness (QED) is 0.382. The lowest BCUT2D eigenvalue weighted by atomic mass is 9.86. The normalized spacial score (nSPS) is 20.8. The summed E-state index contributed by atoms with van der Waals surface area (Å²) in [4.78, 5) is 41.0. The number of halogens is 1. The van der Waals surface area contributed by atoms with Gasteiger partial charge in [0.2, 0.25) is 21.4 Å². The molecule has 2 atom stereocenters. The van der Waals surface area contributed by atoms with E-state index in [1.165, 1.54) is 29.7 Å². The minimum atomic E-state index is -4.15. The van der Waals surface area contributed by atoms with E-state index in [0.29, 0.717) is 6.42 Å². The first kappa shape index (κ1) is 30.8. The van der Waals surface area contributed by atoms with Crippen LogP contribution in [0.5, 0.6) is 0 Å². The predicted octanol–water partition coefficient (Wildman–Crippen LogP) is 2.15. The molecule has 5 rings (SSSR count). The molecule has 12 nitrogen and oxygen atoms in total. The summed E-state index contributed by atoms with van der Waals surface area (Å²) >= 11 is 0. The monoisotopic (exact) mass is 617 g/mol. The second-order valence-electron chi connectivity index (χ2n) is 10.6. The molecule has 2 fully saturated rings. The Hall–Kier alpha value is -3.64. The van der Waals surface area contributed by atoms with E-state index in [2.05, 4.69) is 0 Å². The summed E-state index contributed by atoms with van der Waals surface area (Å²) in [5, 5.41) is 10.1. The van der Waals surface area contributed by atoms with E-state index in [1.807, 2.05) is 0 Å². The predicted molar refractivity (Wildman–Crippen MR) is 147 cm³/mol. The number of aromatic nitrogens is 1. The molecular formula is C29H32FN3O9S. The Morgan fingerprint density at radius 3 is 2.53 bits per heavy atom. The van der Waals surface area contributed by atoms with Gasteiger partial charge in [0.05, 0.1) is 37.1 Å². The molecule has 2 saturated heterocycles. The number of nitrogens with zero attached hydrogens (tertiary/aromatic N) is 3. The molecule has 0 radical (unpaired) electrons. The molecule has 230 valence electrons. The molecule has 0 N–H and O–H groups in total. The fourth-order valence-electron chi connectivity index (χ4n) is 5.97. The maximum absolute atomic E-state index is 14.3. The molecule has 1 aromatic heterocycles. The Morgan fingerprint density at radius 1 is 1.21 bits per heavy atom. The topological polar surface area (TPSA) is 154 Å². The average Bonchev–Trinajstić information content (AvgIpc) is 3.75. The number of pyridine rings is 1. The summed E-state index contributed by atoms with van der Waals surface area (Å²) in [6, 6.07) is 7.85. The van der Waals surface area contributed by atoms with Crippen LogP contribution in [0.25, 0.3) is 0 Å². The summed E-state index contributed by atoms with van der Waals surface area (Å²) in [5.74, 6) is -3.66. The molecule has 0 bridgehead atoms. The number of aryl methyl sites for hydroxylation is 1. The highest BCUT2D eigenvalue weighted by Crippen LogP contribution is 2.43. The molecule has 0 amide bonds. The lowest BCUT2D eigenvalue weighted by molar-refractivity contribution is -0.188. The van der Waals surface area contributed by atoms with Crippen molar-refractivity contribution in [2.45, 2.75) is 68.4 Å². The summed E-state index contributed by atoms with van der Waals surface area (Å²) in [7, 11) is -4.15. The van der Waals surface area contributed by atoms with Crippen molar-refractivity contribution in [1.29, 1.82) is 5.26 Å². The van der Waals surface area contributed by atoms with E-state index >= 15 is 0 Å². The van der Waals surface area contributed by atoms with Crippen molar-refractivity contribution in [3.05, 3.63) is 63.1 Å². The van der Waals surface area contributed by atoms with Crippen LogP contribution < -0.4 is 5.56 Å². The van der Waals surface area contributed by atoms with E-state index in [9.17, 15) is 32.5 Å². The number of esters is 2. The Morgan fingerprint density at radius 2 is 1.91 bits per heavy atom. The zero-order chi connectivity index (χ0) is 31.0. The molecule has 0 aliphatic carbocycles. The van der Waals surface area contributed by atoms with Crippen molar-refractivity contribution >= 4 is 22.0 Å². The van der Waals surface area contributed by atoms with Gasteiger partial charge in [0, 0.05) is 31.5 Å². The number of hydrogen-bond donors (Lipinski definition) is 0. The molecule has 4 heterocycles. The van der Waals surface area contributed by atoms with Gasteiger partial charge in [0.15, 0.2) is 0 Å². The summed E-state index contributed by atoms with van der Waals surface area (Å²) in [6.45, 7) is 2.54. The third-order valence-electron chi connectivity index (χ3n) is 8.09. The van der Waals surface area contributed by atoms with Crippen LogP contribution in [0.1, 0.15) is 55.0 Å². The van der Waals surface area contributed by atoms with Crippen molar-refractivity contribution in [1.82, 2.24) is 8.87 Å². The molecule has 3 aliphatic rings. The highest BCUT2D eigenvalue weighted by Gasteiger charge is 2.54. The lowest BCUT2D eigenvalue weighted by Gasteiger charge is -2.34. The summed E-state index contributed by atoms with van der Waals surface area (Å²) in [6.07, 6.45) is -0.149. The van der Waals surface area contributed by atoms with Gasteiger partial charge in [0.25, 0.3) is 5.56 Å². The lowest BCUT2D eigenvalue weighted by Crippen LogP contribution is -2.49. The molecule has 1 unspecified atom stereocenters. The maximum Gasteiger partial charge on any atom is 0.355 e. The number of sulfonamides is 1. The zero-order valence-corrected chi connectivity index (χ0v) is 24.7. The zero-order valence-electron chi connectivity index (χ0n) is 23.8. The number of rotatable bonds is 9. The van der Waals surface area contributed by atoms with Gasteiger partial charge in [-0.3, -0.25) is 14.0 Å². The van der Waals surface area contributed by atoms with E-state index in [0.717, 1.165) is 9.87 Å². The Balaban J connectivity index is 1.61. The van der Waals surface area contributed by atoms with Crippen molar-refractivity contribution in [2.75, 3.05) is 33.0 Å². The third-order valence-corrected chi connectivity index (χ3v) is 10.0.